The van der Waals surface area contributed by atoms with Crippen molar-refractivity contribution >= 4 is 17.5 Å². The number of hydrogen-bond acceptors (Lipinski definition) is 4. The fourth-order valence-corrected chi connectivity index (χ4v) is 2.69. The van der Waals surface area contributed by atoms with Gasteiger partial charge in [-0.25, -0.2) is 4.99 Å². The lowest BCUT2D eigenvalue weighted by molar-refractivity contribution is 0.281. The van der Waals surface area contributed by atoms with Crippen LogP contribution in [0.2, 0.25) is 0 Å². The molecule has 0 aromatic heterocycles. The minimum Gasteiger partial charge on any atom is -0.497 e. The van der Waals surface area contributed by atoms with Crippen molar-refractivity contribution in [2.75, 3.05) is 20.8 Å². The molecule has 0 atom stereocenters. The molecule has 0 unspecified atom stereocenters. The number of ether oxygens (including phenoxy) is 3. The zero-order chi connectivity index (χ0) is 17.9. The predicted molar refractivity (Wildman–Crippen MR) is 101 cm³/mol. The molecule has 0 fully saturated rings. The van der Waals surface area contributed by atoms with E-state index in [4.69, 9.17) is 19.2 Å². The van der Waals surface area contributed by atoms with E-state index in [2.05, 4.69) is 32.1 Å². The maximum absolute atomic E-state index is 5.89. The molecule has 0 N–H and O–H groups in total. The van der Waals surface area contributed by atoms with E-state index in [1.807, 2.05) is 36.4 Å². The largest absolute Gasteiger partial charge is 0.497 e. The van der Waals surface area contributed by atoms with Gasteiger partial charge < -0.3 is 14.2 Å². The molecule has 0 saturated carbocycles. The number of aliphatic imine (C=N–C) groups is 1. The van der Waals surface area contributed by atoms with Gasteiger partial charge in [0.2, 0.25) is 5.90 Å². The fraction of sp³-hybridized carbons (Fsp3) is 0.286. The molecule has 0 aliphatic carbocycles. The third kappa shape index (κ3) is 4.02. The lowest BCUT2D eigenvalue weighted by atomic mass is 10.0. The number of hydrogen-bond donors (Lipinski definition) is 0. The Kier molecular flexibility index (Phi) is 4.79. The van der Waals surface area contributed by atoms with E-state index < -0.39 is 0 Å². The summed E-state index contributed by atoms with van der Waals surface area (Å²) in [6.07, 6.45) is 2.06. The van der Waals surface area contributed by atoms with E-state index >= 15 is 0 Å². The topological polar surface area (TPSA) is 40.0 Å². The molecular formula is C21H23NO3. The summed E-state index contributed by atoms with van der Waals surface area (Å²) in [4.78, 5) is 4.74. The molecule has 2 aromatic rings. The van der Waals surface area contributed by atoms with Gasteiger partial charge in [0.15, 0.2) is 0 Å². The molecule has 1 heterocycles. The van der Waals surface area contributed by atoms with Gasteiger partial charge in [0.05, 0.1) is 19.8 Å². The molecule has 4 heteroatoms. The number of nitrogens with zero attached hydrogens (tertiary/aromatic N) is 1. The normalized spacial score (nSPS) is 16.2. The summed E-state index contributed by atoms with van der Waals surface area (Å²) in [7, 11) is 3.29. The number of methoxy groups -OCH3 is 2. The minimum absolute atomic E-state index is 0.213. The van der Waals surface area contributed by atoms with Gasteiger partial charge in [-0.05, 0) is 43.2 Å². The second-order valence-corrected chi connectivity index (χ2v) is 6.59. The van der Waals surface area contributed by atoms with Crippen LogP contribution >= 0.6 is 0 Å². The van der Waals surface area contributed by atoms with Gasteiger partial charge in [-0.3, -0.25) is 0 Å². The predicted octanol–water partition coefficient (Wildman–Crippen LogP) is 4.45. The summed E-state index contributed by atoms with van der Waals surface area (Å²) in [5, 5.41) is 0. The molecule has 1 aliphatic rings. The molecule has 0 bridgehead atoms. The summed E-state index contributed by atoms with van der Waals surface area (Å²) in [5.41, 5.74) is 2.75. The van der Waals surface area contributed by atoms with Gasteiger partial charge in [0.1, 0.15) is 18.1 Å². The SMILES string of the molecule is COc1cc(C=C(C2=NC(C)(C)CO2)c2ccccc2)cc(OC)c1. The Morgan fingerprint density at radius 1 is 1.04 bits per heavy atom. The van der Waals surface area contributed by atoms with Gasteiger partial charge in [0.25, 0.3) is 0 Å². The summed E-state index contributed by atoms with van der Waals surface area (Å²) in [5.74, 6) is 2.15. The molecule has 0 spiro atoms. The highest BCUT2D eigenvalue weighted by Gasteiger charge is 2.28. The maximum atomic E-state index is 5.89. The van der Waals surface area contributed by atoms with Crippen LogP contribution in [0.25, 0.3) is 11.6 Å². The highest BCUT2D eigenvalue weighted by atomic mass is 16.5. The Balaban J connectivity index is 2.11. The van der Waals surface area contributed by atoms with Crippen molar-refractivity contribution in [1.29, 1.82) is 0 Å². The number of benzene rings is 2. The molecule has 130 valence electrons. The molecule has 0 radical (unpaired) electrons. The lowest BCUT2D eigenvalue weighted by Crippen LogP contribution is -2.17. The maximum Gasteiger partial charge on any atom is 0.217 e. The molecular weight excluding hydrogens is 314 g/mol. The highest BCUT2D eigenvalue weighted by molar-refractivity contribution is 6.24. The molecule has 25 heavy (non-hydrogen) atoms. The first-order chi connectivity index (χ1) is 12.0. The van der Waals surface area contributed by atoms with Crippen LogP contribution < -0.4 is 9.47 Å². The van der Waals surface area contributed by atoms with Gasteiger partial charge in [-0.1, -0.05) is 30.3 Å². The van der Waals surface area contributed by atoms with E-state index in [0.29, 0.717) is 12.5 Å². The monoisotopic (exact) mass is 337 g/mol. The van der Waals surface area contributed by atoms with Gasteiger partial charge in [0, 0.05) is 11.6 Å². The van der Waals surface area contributed by atoms with E-state index in [9.17, 15) is 0 Å². The fourth-order valence-electron chi connectivity index (χ4n) is 2.69. The summed E-state index contributed by atoms with van der Waals surface area (Å²) in [6, 6.07) is 15.9. The summed E-state index contributed by atoms with van der Waals surface area (Å²) in [6.45, 7) is 4.71. The zero-order valence-electron chi connectivity index (χ0n) is 15.1. The summed E-state index contributed by atoms with van der Waals surface area (Å²) >= 11 is 0. The average Bonchev–Trinajstić information content (AvgIpc) is 2.99. The molecule has 2 aromatic carbocycles. The smallest absolute Gasteiger partial charge is 0.217 e. The van der Waals surface area contributed by atoms with Crippen molar-refractivity contribution in [2.24, 2.45) is 4.99 Å². The van der Waals surface area contributed by atoms with Crippen LogP contribution in [-0.2, 0) is 4.74 Å². The Morgan fingerprint density at radius 3 is 2.20 bits per heavy atom. The average molecular weight is 337 g/mol. The van der Waals surface area contributed by atoms with Crippen LogP contribution in [0.4, 0.5) is 0 Å². The van der Waals surface area contributed by atoms with Crippen LogP contribution in [0, 0.1) is 0 Å². The van der Waals surface area contributed by atoms with Gasteiger partial charge >= 0.3 is 0 Å². The third-order valence-electron chi connectivity index (χ3n) is 3.97. The molecule has 3 rings (SSSR count). The van der Waals surface area contributed by atoms with Crippen molar-refractivity contribution in [3.63, 3.8) is 0 Å². The Labute approximate surface area is 148 Å². The second-order valence-electron chi connectivity index (χ2n) is 6.59. The van der Waals surface area contributed by atoms with Crippen molar-refractivity contribution in [1.82, 2.24) is 0 Å². The Morgan fingerprint density at radius 2 is 1.68 bits per heavy atom. The van der Waals surface area contributed by atoms with E-state index in [-0.39, 0.29) is 5.54 Å². The zero-order valence-corrected chi connectivity index (χ0v) is 15.1. The first kappa shape index (κ1) is 17.1. The summed E-state index contributed by atoms with van der Waals surface area (Å²) < 4.78 is 16.6. The van der Waals surface area contributed by atoms with Gasteiger partial charge in [-0.2, -0.15) is 0 Å². The van der Waals surface area contributed by atoms with E-state index in [1.165, 1.54) is 0 Å². The van der Waals surface area contributed by atoms with Crippen molar-refractivity contribution < 1.29 is 14.2 Å². The van der Waals surface area contributed by atoms with E-state index in [0.717, 1.165) is 28.2 Å². The van der Waals surface area contributed by atoms with Crippen molar-refractivity contribution in [2.45, 2.75) is 19.4 Å². The van der Waals surface area contributed by atoms with Crippen LogP contribution in [-0.4, -0.2) is 32.3 Å². The molecule has 4 nitrogen and oxygen atoms in total. The third-order valence-corrected chi connectivity index (χ3v) is 3.97. The molecule has 1 aliphatic heterocycles. The van der Waals surface area contributed by atoms with E-state index in [1.54, 1.807) is 14.2 Å². The molecule has 0 amide bonds. The van der Waals surface area contributed by atoms with Crippen LogP contribution in [0.1, 0.15) is 25.0 Å². The first-order valence-electron chi connectivity index (χ1n) is 8.24. The molecule has 0 saturated heterocycles. The van der Waals surface area contributed by atoms with Crippen LogP contribution in [0.15, 0.2) is 53.5 Å². The lowest BCUT2D eigenvalue weighted by Gasteiger charge is -2.10. The quantitative estimate of drug-likeness (QED) is 0.757. The van der Waals surface area contributed by atoms with Crippen LogP contribution in [0.3, 0.4) is 0 Å². The minimum atomic E-state index is -0.213. The standard InChI is InChI=1S/C21H23NO3/c1-21(2)14-25-20(22-21)19(16-8-6-5-7-9-16)12-15-10-17(23-3)13-18(11-15)24-4/h5-13H,14H2,1-4H3. The highest BCUT2D eigenvalue weighted by Crippen LogP contribution is 2.30. The first-order valence-corrected chi connectivity index (χ1v) is 8.24. The van der Waals surface area contributed by atoms with Crippen molar-refractivity contribution in [3.8, 4) is 11.5 Å². The van der Waals surface area contributed by atoms with Crippen molar-refractivity contribution in [3.05, 3.63) is 59.7 Å². The Bertz CT molecular complexity index is 785. The van der Waals surface area contributed by atoms with Gasteiger partial charge in [-0.15, -0.1) is 0 Å². The number of rotatable bonds is 5. The van der Waals surface area contributed by atoms with Crippen LogP contribution in [0.5, 0.6) is 11.5 Å². The Hall–Kier alpha value is -2.75. The second kappa shape index (κ2) is 7.01.